The number of thiol groups is 1. The summed E-state index contributed by atoms with van der Waals surface area (Å²) in [5.74, 6) is 0. The Kier molecular flexibility index (Phi) is 3.67. The van der Waals surface area contributed by atoms with Crippen molar-refractivity contribution in [2.75, 3.05) is 0 Å². The van der Waals surface area contributed by atoms with Crippen molar-refractivity contribution in [1.82, 2.24) is 0 Å². The molecule has 0 saturated carbocycles. The quantitative estimate of drug-likeness (QED) is 0.373. The minimum atomic E-state index is -0.271. The smallest absolute Gasteiger partial charge is 0.0547 e. The predicted molar refractivity (Wildman–Crippen MR) is 56.2 cm³/mol. The van der Waals surface area contributed by atoms with Gasteiger partial charge in [0.05, 0.1) is 4.75 Å². The molecule has 0 radical (unpaired) electrons. The van der Waals surface area contributed by atoms with Gasteiger partial charge in [0.25, 0.3) is 0 Å². The molecule has 1 unspecified atom stereocenters. The zero-order chi connectivity index (χ0) is 9.07. The van der Waals surface area contributed by atoms with Crippen molar-refractivity contribution in [3.05, 3.63) is 36.5 Å². The summed E-state index contributed by atoms with van der Waals surface area (Å²) in [6.07, 6.45) is 3.92. The highest BCUT2D eigenvalue weighted by molar-refractivity contribution is 7.82. The van der Waals surface area contributed by atoms with E-state index in [9.17, 15) is 0 Å². The van der Waals surface area contributed by atoms with Crippen molar-refractivity contribution in [1.29, 1.82) is 0 Å². The molecule has 0 aliphatic carbocycles. The Bertz CT molecular complexity index is 197. The van der Waals surface area contributed by atoms with Gasteiger partial charge < -0.3 is 0 Å². The highest BCUT2D eigenvalue weighted by Crippen LogP contribution is 2.30. The first-order valence-electron chi connectivity index (χ1n) is 3.63. The van der Waals surface area contributed by atoms with Crippen LogP contribution in [0.5, 0.6) is 0 Å². The molecule has 0 nitrogen and oxygen atoms in total. The summed E-state index contributed by atoms with van der Waals surface area (Å²) < 4.78 is -0.271. The second-order valence-corrected chi connectivity index (χ2v) is 3.77. The third-order valence-electron chi connectivity index (χ3n) is 1.82. The molecule has 0 aromatic rings. The molecule has 1 atom stereocenters. The SMILES string of the molecule is C=C(C)C(C)(S)C(=C)C=CC. The molecule has 0 aliphatic rings. The van der Waals surface area contributed by atoms with Crippen LogP contribution in [0.3, 0.4) is 0 Å². The first-order valence-corrected chi connectivity index (χ1v) is 4.08. The standard InChI is InChI=1S/C10H16S/c1-6-7-9(4)10(5,11)8(2)3/h6-7,11H,2,4H2,1,3,5H3. The highest BCUT2D eigenvalue weighted by Gasteiger charge is 2.21. The average Bonchev–Trinajstić information content (AvgIpc) is 1.88. The molecule has 0 aromatic carbocycles. The third kappa shape index (κ3) is 2.58. The van der Waals surface area contributed by atoms with Gasteiger partial charge in [0.1, 0.15) is 0 Å². The minimum absolute atomic E-state index is 0.271. The van der Waals surface area contributed by atoms with Crippen LogP contribution >= 0.6 is 12.6 Å². The third-order valence-corrected chi connectivity index (χ3v) is 2.49. The average molecular weight is 168 g/mol. The molecule has 0 saturated heterocycles. The van der Waals surface area contributed by atoms with Crippen LogP contribution in [0, 0.1) is 0 Å². The van der Waals surface area contributed by atoms with E-state index in [1.54, 1.807) is 0 Å². The lowest BCUT2D eigenvalue weighted by atomic mass is 9.94. The lowest BCUT2D eigenvalue weighted by molar-refractivity contribution is 0.902. The molecule has 0 amide bonds. The van der Waals surface area contributed by atoms with Crippen molar-refractivity contribution in [3.8, 4) is 0 Å². The van der Waals surface area contributed by atoms with Crippen molar-refractivity contribution in [2.24, 2.45) is 0 Å². The van der Waals surface area contributed by atoms with E-state index in [2.05, 4.69) is 25.8 Å². The Balaban J connectivity index is 4.56. The fourth-order valence-corrected chi connectivity index (χ4v) is 0.712. The van der Waals surface area contributed by atoms with Crippen LogP contribution in [0.1, 0.15) is 20.8 Å². The molecule has 0 fully saturated rings. The van der Waals surface area contributed by atoms with E-state index in [4.69, 9.17) is 0 Å². The lowest BCUT2D eigenvalue weighted by Gasteiger charge is -2.24. The van der Waals surface area contributed by atoms with Crippen LogP contribution in [0.15, 0.2) is 36.5 Å². The van der Waals surface area contributed by atoms with Gasteiger partial charge >= 0.3 is 0 Å². The molecule has 62 valence electrons. The Hall–Kier alpha value is -0.430. The summed E-state index contributed by atoms with van der Waals surface area (Å²) in [4.78, 5) is 0. The summed E-state index contributed by atoms with van der Waals surface area (Å²) >= 11 is 4.46. The van der Waals surface area contributed by atoms with Gasteiger partial charge in [0.15, 0.2) is 0 Å². The zero-order valence-electron chi connectivity index (χ0n) is 7.52. The maximum atomic E-state index is 4.46. The Labute approximate surface area is 75.1 Å². The second kappa shape index (κ2) is 3.82. The van der Waals surface area contributed by atoms with Crippen LogP contribution in [-0.4, -0.2) is 4.75 Å². The van der Waals surface area contributed by atoms with E-state index < -0.39 is 0 Å². The maximum Gasteiger partial charge on any atom is 0.0547 e. The van der Waals surface area contributed by atoms with Crippen molar-refractivity contribution < 1.29 is 0 Å². The molecule has 1 heteroatoms. The highest BCUT2D eigenvalue weighted by atomic mass is 32.1. The number of allylic oxidation sites excluding steroid dienone is 2. The predicted octanol–water partition coefficient (Wildman–Crippen LogP) is 3.38. The van der Waals surface area contributed by atoms with Gasteiger partial charge in [0.2, 0.25) is 0 Å². The van der Waals surface area contributed by atoms with Crippen LogP contribution in [0.25, 0.3) is 0 Å². The Morgan fingerprint density at radius 1 is 1.45 bits per heavy atom. The van der Waals surface area contributed by atoms with Gasteiger partial charge in [-0.2, -0.15) is 12.6 Å². The van der Waals surface area contributed by atoms with E-state index in [1.807, 2.05) is 32.9 Å². The molecule has 0 aliphatic heterocycles. The summed E-state index contributed by atoms with van der Waals surface area (Å²) in [5, 5.41) is 0. The number of rotatable bonds is 3. The van der Waals surface area contributed by atoms with Gasteiger partial charge in [-0.05, 0) is 26.3 Å². The normalized spacial score (nSPS) is 16.4. The summed E-state index contributed by atoms with van der Waals surface area (Å²) in [6.45, 7) is 13.7. The summed E-state index contributed by atoms with van der Waals surface area (Å²) in [5.41, 5.74) is 2.00. The monoisotopic (exact) mass is 168 g/mol. The largest absolute Gasteiger partial charge is 0.163 e. The van der Waals surface area contributed by atoms with Crippen LogP contribution in [-0.2, 0) is 0 Å². The van der Waals surface area contributed by atoms with E-state index in [1.165, 1.54) is 0 Å². The van der Waals surface area contributed by atoms with Crippen LogP contribution in [0.4, 0.5) is 0 Å². The second-order valence-electron chi connectivity index (χ2n) is 2.88. The number of hydrogen-bond donors (Lipinski definition) is 1. The fraction of sp³-hybridized carbons (Fsp3) is 0.400. The first kappa shape index (κ1) is 10.6. The molecule has 0 aromatic heterocycles. The Morgan fingerprint density at radius 2 is 1.91 bits per heavy atom. The van der Waals surface area contributed by atoms with Crippen molar-refractivity contribution in [2.45, 2.75) is 25.5 Å². The number of hydrogen-bond acceptors (Lipinski definition) is 1. The zero-order valence-corrected chi connectivity index (χ0v) is 8.41. The molecule has 11 heavy (non-hydrogen) atoms. The van der Waals surface area contributed by atoms with E-state index in [-0.39, 0.29) is 4.75 Å². The lowest BCUT2D eigenvalue weighted by Crippen LogP contribution is -2.18. The van der Waals surface area contributed by atoms with Crippen LogP contribution < -0.4 is 0 Å². The molecule has 0 N–H and O–H groups in total. The fourth-order valence-electron chi connectivity index (χ4n) is 0.638. The maximum absolute atomic E-state index is 4.46. The van der Waals surface area contributed by atoms with Gasteiger partial charge in [-0.15, -0.1) is 0 Å². The van der Waals surface area contributed by atoms with E-state index >= 15 is 0 Å². The Morgan fingerprint density at radius 3 is 2.18 bits per heavy atom. The molecular formula is C10H16S. The van der Waals surface area contributed by atoms with Gasteiger partial charge in [-0.3, -0.25) is 0 Å². The first-order chi connectivity index (χ1) is 4.92. The topological polar surface area (TPSA) is 0 Å². The van der Waals surface area contributed by atoms with Crippen molar-refractivity contribution >= 4 is 12.6 Å². The molecule has 0 spiro atoms. The molecule has 0 bridgehead atoms. The summed E-state index contributed by atoms with van der Waals surface area (Å²) in [6, 6.07) is 0. The minimum Gasteiger partial charge on any atom is -0.163 e. The van der Waals surface area contributed by atoms with Crippen molar-refractivity contribution in [3.63, 3.8) is 0 Å². The van der Waals surface area contributed by atoms with E-state index in [0.717, 1.165) is 11.1 Å². The van der Waals surface area contributed by atoms with Gasteiger partial charge in [-0.1, -0.05) is 30.9 Å². The summed E-state index contributed by atoms with van der Waals surface area (Å²) in [7, 11) is 0. The molecule has 0 heterocycles. The molecular weight excluding hydrogens is 152 g/mol. The molecule has 0 rings (SSSR count). The van der Waals surface area contributed by atoms with Gasteiger partial charge in [0, 0.05) is 0 Å². The van der Waals surface area contributed by atoms with Gasteiger partial charge in [-0.25, -0.2) is 0 Å². The van der Waals surface area contributed by atoms with E-state index in [0.29, 0.717) is 0 Å². The van der Waals surface area contributed by atoms with Crippen LogP contribution in [0.2, 0.25) is 0 Å².